The first-order valence-corrected chi connectivity index (χ1v) is 10.6. The van der Waals surface area contributed by atoms with Crippen molar-refractivity contribution in [3.63, 3.8) is 0 Å². The van der Waals surface area contributed by atoms with Gasteiger partial charge in [-0.2, -0.15) is 0 Å². The van der Waals surface area contributed by atoms with Crippen molar-refractivity contribution >= 4 is 24.8 Å². The number of hydrogen-bond acceptors (Lipinski definition) is 8. The summed E-state index contributed by atoms with van der Waals surface area (Å²) in [6.07, 6.45) is 3.64. The molecule has 2 aromatic heterocycles. The van der Waals surface area contributed by atoms with Crippen molar-refractivity contribution in [1.29, 1.82) is 0 Å². The number of aliphatic hydroxyl groups is 1. The maximum atomic E-state index is 12.4. The van der Waals surface area contributed by atoms with Gasteiger partial charge < -0.3 is 19.9 Å². The molecule has 4 rings (SSSR count). The van der Waals surface area contributed by atoms with Gasteiger partial charge in [0.25, 0.3) is 0 Å². The third-order valence-corrected chi connectivity index (χ3v) is 6.21. The van der Waals surface area contributed by atoms with Crippen LogP contribution in [0.2, 0.25) is 0 Å². The summed E-state index contributed by atoms with van der Waals surface area (Å²) in [5, 5.41) is 9.63. The summed E-state index contributed by atoms with van der Waals surface area (Å²) in [4.78, 5) is 22.5. The van der Waals surface area contributed by atoms with Gasteiger partial charge in [-0.25, -0.2) is 19.5 Å². The number of aryl methyl sites for hydroxylation is 1. The maximum absolute atomic E-state index is 12.4. The van der Waals surface area contributed by atoms with E-state index in [0.29, 0.717) is 17.6 Å². The van der Waals surface area contributed by atoms with Crippen molar-refractivity contribution < 1.29 is 23.6 Å². The van der Waals surface area contributed by atoms with E-state index in [-0.39, 0.29) is 42.7 Å². The molecule has 11 heteroatoms. The van der Waals surface area contributed by atoms with Crippen LogP contribution in [0, 0.1) is 18.8 Å². The molecule has 0 radical (unpaired) electrons. The lowest BCUT2D eigenvalue weighted by atomic mass is 9.70. The Morgan fingerprint density at radius 2 is 2.03 bits per heavy atom. The first-order valence-electron chi connectivity index (χ1n) is 9.15. The number of imidazole rings is 1. The summed E-state index contributed by atoms with van der Waals surface area (Å²) >= 11 is 0. The Kier molecular flexibility index (Phi) is 5.26. The van der Waals surface area contributed by atoms with Crippen LogP contribution < -0.4 is 10.3 Å². The Hall–Kier alpha value is -2.52. The number of benzene rings is 1. The zero-order valence-electron chi connectivity index (χ0n) is 15.8. The molecule has 1 aliphatic carbocycles. The monoisotopic (exact) mass is 419 g/mol. The average Bonchev–Trinajstić information content (AvgIpc) is 3.08. The third-order valence-electron chi connectivity index (χ3n) is 5.29. The van der Waals surface area contributed by atoms with Crippen LogP contribution in [-0.2, 0) is 9.09 Å². The summed E-state index contributed by atoms with van der Waals surface area (Å²) in [7, 11) is -4.31. The molecular formula is C18H22N5O5P. The van der Waals surface area contributed by atoms with E-state index in [9.17, 15) is 14.6 Å². The van der Waals surface area contributed by atoms with Crippen LogP contribution in [0.15, 0.2) is 36.9 Å². The molecule has 0 amide bonds. The number of fused-ring (bicyclic) bond motifs is 1. The second-order valence-corrected chi connectivity index (χ2v) is 8.54. The molecule has 4 atom stereocenters. The molecule has 2 heterocycles. The molecule has 1 saturated carbocycles. The first kappa shape index (κ1) is 19.8. The van der Waals surface area contributed by atoms with Crippen LogP contribution in [0.1, 0.15) is 18.0 Å². The Morgan fingerprint density at radius 3 is 2.76 bits per heavy atom. The zero-order chi connectivity index (χ0) is 20.6. The van der Waals surface area contributed by atoms with E-state index in [1.54, 1.807) is 30.6 Å². The largest absolute Gasteiger partial charge is 0.527 e. The molecule has 1 unspecified atom stereocenters. The minimum Gasteiger partial charge on any atom is -0.404 e. The number of nitrogens with two attached hydrogens (primary N) is 1. The number of hydrogen-bond donors (Lipinski definition) is 3. The van der Waals surface area contributed by atoms with Gasteiger partial charge in [-0.15, -0.1) is 0 Å². The second-order valence-electron chi connectivity index (χ2n) is 7.16. The molecule has 154 valence electrons. The number of aromatic nitrogens is 4. The third kappa shape index (κ3) is 3.97. The van der Waals surface area contributed by atoms with Crippen molar-refractivity contribution in [2.75, 3.05) is 18.9 Å². The minimum atomic E-state index is -4.31. The van der Waals surface area contributed by atoms with Crippen molar-refractivity contribution in [1.82, 2.24) is 19.5 Å². The highest BCUT2D eigenvalue weighted by atomic mass is 31.2. The van der Waals surface area contributed by atoms with Crippen LogP contribution in [-0.4, -0.2) is 42.7 Å². The van der Waals surface area contributed by atoms with Crippen molar-refractivity contribution in [2.45, 2.75) is 19.4 Å². The molecule has 0 saturated heterocycles. The van der Waals surface area contributed by atoms with Crippen LogP contribution in [0.4, 0.5) is 5.82 Å². The fourth-order valence-electron chi connectivity index (χ4n) is 3.61. The van der Waals surface area contributed by atoms with E-state index in [1.807, 2.05) is 11.5 Å². The Bertz CT molecular complexity index is 1060. The van der Waals surface area contributed by atoms with E-state index in [2.05, 4.69) is 15.0 Å². The normalized spacial score (nSPS) is 23.5. The van der Waals surface area contributed by atoms with Gasteiger partial charge >= 0.3 is 7.82 Å². The van der Waals surface area contributed by atoms with E-state index >= 15 is 0 Å². The maximum Gasteiger partial charge on any atom is 0.527 e. The van der Waals surface area contributed by atoms with E-state index in [1.165, 1.54) is 6.33 Å². The first-order chi connectivity index (χ1) is 13.9. The molecule has 29 heavy (non-hydrogen) atoms. The van der Waals surface area contributed by atoms with E-state index in [4.69, 9.17) is 14.8 Å². The van der Waals surface area contributed by atoms with Crippen LogP contribution in [0.25, 0.3) is 11.2 Å². The van der Waals surface area contributed by atoms with Crippen molar-refractivity contribution in [3.8, 4) is 5.75 Å². The zero-order valence-corrected chi connectivity index (χ0v) is 16.6. The van der Waals surface area contributed by atoms with E-state index in [0.717, 1.165) is 5.56 Å². The van der Waals surface area contributed by atoms with Gasteiger partial charge in [0.2, 0.25) is 0 Å². The SMILES string of the molecule is Cc1ccc(OP(=O)(O)OC[C@H]2[C@@H](CO)C[C@H]2n2cnc3c(N)ncnc32)cc1. The Balaban J connectivity index is 1.47. The predicted octanol–water partition coefficient (Wildman–Crippen LogP) is 2.08. The topological polar surface area (TPSA) is 146 Å². The number of anilines is 1. The lowest BCUT2D eigenvalue weighted by molar-refractivity contribution is -0.00476. The predicted molar refractivity (Wildman–Crippen MR) is 105 cm³/mol. The number of nitrogen functional groups attached to an aromatic ring is 1. The van der Waals surface area contributed by atoms with Gasteiger partial charge in [0.15, 0.2) is 11.5 Å². The number of nitrogens with zero attached hydrogens (tertiary/aromatic N) is 4. The van der Waals surface area contributed by atoms with Gasteiger partial charge in [-0.3, -0.25) is 9.42 Å². The standard InChI is InChI=1S/C18H22N5O5P/c1-11-2-4-13(5-3-11)28-29(25,26)27-8-14-12(7-24)6-15(14)23-10-22-16-17(19)20-9-21-18(16)23/h2-5,9-10,12,14-15,24H,6-8H2,1H3,(H,25,26)(H2,19,20,21)/t12-,14+,15-/m1/s1. The fraction of sp³-hybridized carbons (Fsp3) is 0.389. The summed E-state index contributed by atoms with van der Waals surface area (Å²) in [5.41, 5.74) is 7.91. The molecule has 1 aliphatic rings. The van der Waals surface area contributed by atoms with Crippen LogP contribution in [0.3, 0.4) is 0 Å². The highest BCUT2D eigenvalue weighted by Gasteiger charge is 2.44. The summed E-state index contributed by atoms with van der Waals surface area (Å²) < 4.78 is 24.6. The molecule has 0 aliphatic heterocycles. The molecular weight excluding hydrogens is 397 g/mol. The smallest absolute Gasteiger partial charge is 0.404 e. The Labute approximate surface area is 167 Å². The molecule has 10 nitrogen and oxygen atoms in total. The molecule has 1 aromatic carbocycles. The van der Waals surface area contributed by atoms with Crippen LogP contribution in [0.5, 0.6) is 5.75 Å². The van der Waals surface area contributed by atoms with Crippen molar-refractivity contribution in [3.05, 3.63) is 42.5 Å². The number of aliphatic hydroxyl groups excluding tert-OH is 1. The lowest BCUT2D eigenvalue weighted by Crippen LogP contribution is -2.43. The highest BCUT2D eigenvalue weighted by molar-refractivity contribution is 7.47. The average molecular weight is 419 g/mol. The molecule has 0 spiro atoms. The number of phosphoric acid groups is 1. The minimum absolute atomic E-state index is 0.0527. The van der Waals surface area contributed by atoms with Crippen LogP contribution >= 0.6 is 7.82 Å². The van der Waals surface area contributed by atoms with Gasteiger partial charge in [0.05, 0.1) is 12.9 Å². The highest BCUT2D eigenvalue weighted by Crippen LogP contribution is 2.50. The van der Waals surface area contributed by atoms with Gasteiger partial charge in [0.1, 0.15) is 17.6 Å². The van der Waals surface area contributed by atoms with Gasteiger partial charge in [-0.1, -0.05) is 17.7 Å². The second kappa shape index (κ2) is 7.72. The number of rotatable bonds is 7. The van der Waals surface area contributed by atoms with Crippen molar-refractivity contribution in [2.24, 2.45) is 11.8 Å². The molecule has 3 aromatic rings. The van der Waals surface area contributed by atoms with Gasteiger partial charge in [-0.05, 0) is 31.4 Å². The molecule has 4 N–H and O–H groups in total. The molecule has 1 fully saturated rings. The lowest BCUT2D eigenvalue weighted by Gasteiger charge is -2.44. The summed E-state index contributed by atoms with van der Waals surface area (Å²) in [5.74, 6) is 0.246. The van der Waals surface area contributed by atoms with E-state index < -0.39 is 7.82 Å². The quantitative estimate of drug-likeness (QED) is 0.490. The number of phosphoric ester groups is 1. The Morgan fingerprint density at radius 1 is 1.28 bits per heavy atom. The summed E-state index contributed by atoms with van der Waals surface area (Å²) in [6, 6.07) is 6.65. The van der Waals surface area contributed by atoms with Gasteiger partial charge in [0, 0.05) is 18.6 Å². The fourth-order valence-corrected chi connectivity index (χ4v) is 4.41. The molecule has 0 bridgehead atoms. The summed E-state index contributed by atoms with van der Waals surface area (Å²) in [6.45, 7) is 1.79.